The zero-order valence-corrected chi connectivity index (χ0v) is 8.34. The first kappa shape index (κ1) is 9.36. The Morgan fingerprint density at radius 2 is 2.42 bits per heavy atom. The molecule has 0 aliphatic carbocycles. The topological polar surface area (TPSA) is 51.8 Å². The number of thioether (sulfide) groups is 1. The van der Waals surface area contributed by atoms with Crippen LogP contribution in [0.25, 0.3) is 0 Å². The summed E-state index contributed by atoms with van der Waals surface area (Å²) >= 11 is 3.06. The van der Waals surface area contributed by atoms with Crippen LogP contribution in [0.4, 0.5) is 5.13 Å². The van der Waals surface area contributed by atoms with Crippen LogP contribution in [0.5, 0.6) is 0 Å². The fourth-order valence-corrected chi connectivity index (χ4v) is 2.15. The molecule has 1 rings (SSSR count). The second-order valence-corrected chi connectivity index (χ2v) is 4.28. The van der Waals surface area contributed by atoms with Crippen molar-refractivity contribution in [2.45, 2.75) is 17.7 Å². The van der Waals surface area contributed by atoms with Gasteiger partial charge in [0.2, 0.25) is 5.13 Å². The van der Waals surface area contributed by atoms with Gasteiger partial charge in [0.15, 0.2) is 4.34 Å². The molecule has 0 saturated heterocycles. The van der Waals surface area contributed by atoms with Gasteiger partial charge in [0.1, 0.15) is 0 Å². The summed E-state index contributed by atoms with van der Waals surface area (Å²) in [4.78, 5) is 0. The second kappa shape index (κ2) is 5.01. The van der Waals surface area contributed by atoms with E-state index in [0.717, 1.165) is 16.5 Å². The SMILES string of the molecule is CC#CCCSc1nnc(N)s1. The molecule has 1 aromatic heterocycles. The molecule has 3 nitrogen and oxygen atoms in total. The fraction of sp³-hybridized carbons (Fsp3) is 0.429. The fourth-order valence-electron chi connectivity index (χ4n) is 0.593. The molecule has 5 heteroatoms. The van der Waals surface area contributed by atoms with E-state index >= 15 is 0 Å². The van der Waals surface area contributed by atoms with Gasteiger partial charge < -0.3 is 5.73 Å². The quantitative estimate of drug-likeness (QED) is 0.456. The summed E-state index contributed by atoms with van der Waals surface area (Å²) in [6, 6.07) is 0. The largest absolute Gasteiger partial charge is 0.374 e. The van der Waals surface area contributed by atoms with Crippen LogP contribution in [0.15, 0.2) is 4.34 Å². The number of aromatic nitrogens is 2. The first-order valence-corrected chi connectivity index (χ1v) is 5.24. The molecule has 64 valence electrons. The van der Waals surface area contributed by atoms with Gasteiger partial charge in [-0.25, -0.2) is 0 Å². The van der Waals surface area contributed by atoms with Crippen LogP contribution in [0.1, 0.15) is 13.3 Å². The van der Waals surface area contributed by atoms with Gasteiger partial charge in [-0.15, -0.1) is 22.0 Å². The summed E-state index contributed by atoms with van der Waals surface area (Å²) in [5, 5.41) is 8.10. The minimum atomic E-state index is 0.527. The molecule has 0 saturated carbocycles. The molecule has 0 unspecified atom stereocenters. The number of nitrogens with two attached hydrogens (primary N) is 1. The number of rotatable bonds is 3. The van der Waals surface area contributed by atoms with Gasteiger partial charge in [-0.2, -0.15) is 0 Å². The number of nitrogen functional groups attached to an aromatic ring is 1. The molecule has 0 fully saturated rings. The predicted octanol–water partition coefficient (Wildman–Crippen LogP) is 1.63. The minimum Gasteiger partial charge on any atom is -0.374 e. The van der Waals surface area contributed by atoms with Crippen molar-refractivity contribution in [3.63, 3.8) is 0 Å². The minimum absolute atomic E-state index is 0.527. The molecule has 0 atom stereocenters. The molecule has 1 aromatic rings. The van der Waals surface area contributed by atoms with Crippen LogP contribution < -0.4 is 5.73 Å². The maximum atomic E-state index is 5.41. The summed E-state index contributed by atoms with van der Waals surface area (Å²) < 4.78 is 0.922. The molecule has 0 aliphatic rings. The van der Waals surface area contributed by atoms with E-state index in [4.69, 9.17) is 5.73 Å². The van der Waals surface area contributed by atoms with E-state index in [2.05, 4.69) is 22.0 Å². The molecule has 0 aromatic carbocycles. The van der Waals surface area contributed by atoms with Crippen molar-refractivity contribution in [1.29, 1.82) is 0 Å². The lowest BCUT2D eigenvalue weighted by Crippen LogP contribution is -1.80. The van der Waals surface area contributed by atoms with Crippen molar-refractivity contribution < 1.29 is 0 Å². The maximum Gasteiger partial charge on any atom is 0.203 e. The van der Waals surface area contributed by atoms with Crippen LogP contribution in [0.3, 0.4) is 0 Å². The van der Waals surface area contributed by atoms with E-state index in [-0.39, 0.29) is 0 Å². The Kier molecular flexibility index (Phi) is 3.91. The van der Waals surface area contributed by atoms with Crippen LogP contribution in [-0.4, -0.2) is 16.0 Å². The highest BCUT2D eigenvalue weighted by molar-refractivity contribution is 8.01. The first-order valence-electron chi connectivity index (χ1n) is 3.44. The molecule has 0 bridgehead atoms. The van der Waals surface area contributed by atoms with Crippen LogP contribution in [-0.2, 0) is 0 Å². The van der Waals surface area contributed by atoms with Crippen LogP contribution in [0, 0.1) is 11.8 Å². The van der Waals surface area contributed by atoms with E-state index in [1.165, 1.54) is 11.3 Å². The lowest BCUT2D eigenvalue weighted by Gasteiger charge is -1.88. The van der Waals surface area contributed by atoms with Crippen molar-refractivity contribution in [2.24, 2.45) is 0 Å². The van der Waals surface area contributed by atoms with Gasteiger partial charge in [0.05, 0.1) is 0 Å². The van der Waals surface area contributed by atoms with E-state index < -0.39 is 0 Å². The van der Waals surface area contributed by atoms with Crippen molar-refractivity contribution in [2.75, 3.05) is 11.5 Å². The smallest absolute Gasteiger partial charge is 0.203 e. The van der Waals surface area contributed by atoms with E-state index in [1.807, 2.05) is 6.92 Å². The van der Waals surface area contributed by atoms with E-state index in [9.17, 15) is 0 Å². The van der Waals surface area contributed by atoms with E-state index in [1.54, 1.807) is 11.8 Å². The Morgan fingerprint density at radius 1 is 1.58 bits per heavy atom. The molecule has 2 N–H and O–H groups in total. The lowest BCUT2D eigenvalue weighted by atomic mass is 10.5. The molecule has 0 amide bonds. The van der Waals surface area contributed by atoms with Gasteiger partial charge >= 0.3 is 0 Å². The van der Waals surface area contributed by atoms with Gasteiger partial charge in [-0.3, -0.25) is 0 Å². The Balaban J connectivity index is 2.27. The van der Waals surface area contributed by atoms with Crippen LogP contribution in [0.2, 0.25) is 0 Å². The molecule has 0 spiro atoms. The van der Waals surface area contributed by atoms with Crippen molar-refractivity contribution in [1.82, 2.24) is 10.2 Å². The Labute approximate surface area is 79.8 Å². The third kappa shape index (κ3) is 3.11. The average molecular weight is 199 g/mol. The molecule has 12 heavy (non-hydrogen) atoms. The number of anilines is 1. The third-order valence-electron chi connectivity index (χ3n) is 1.05. The molecular formula is C7H9N3S2. The normalized spacial score (nSPS) is 9.08. The summed E-state index contributed by atoms with van der Waals surface area (Å²) in [6.07, 6.45) is 0.890. The summed E-state index contributed by atoms with van der Waals surface area (Å²) in [5.41, 5.74) is 5.41. The Morgan fingerprint density at radius 3 is 3.00 bits per heavy atom. The Bertz CT molecular complexity index is 297. The molecule has 0 radical (unpaired) electrons. The zero-order chi connectivity index (χ0) is 8.81. The second-order valence-electron chi connectivity index (χ2n) is 1.93. The third-order valence-corrected chi connectivity index (χ3v) is 2.94. The van der Waals surface area contributed by atoms with Gasteiger partial charge in [-0.1, -0.05) is 23.1 Å². The standard InChI is InChI=1S/C7H9N3S2/c1-2-3-4-5-11-7-10-9-6(8)12-7/h4-5H2,1H3,(H2,8,9). The molecule has 1 heterocycles. The predicted molar refractivity (Wildman–Crippen MR) is 53.1 cm³/mol. The van der Waals surface area contributed by atoms with Crippen molar-refractivity contribution >= 4 is 28.2 Å². The van der Waals surface area contributed by atoms with Gasteiger partial charge in [0.25, 0.3) is 0 Å². The number of hydrogen-bond acceptors (Lipinski definition) is 5. The van der Waals surface area contributed by atoms with E-state index in [0.29, 0.717) is 5.13 Å². The molecule has 0 aliphatic heterocycles. The number of hydrogen-bond donors (Lipinski definition) is 1. The zero-order valence-electron chi connectivity index (χ0n) is 6.70. The maximum absolute atomic E-state index is 5.41. The summed E-state index contributed by atoms with van der Waals surface area (Å²) in [7, 11) is 0. The highest BCUT2D eigenvalue weighted by Crippen LogP contribution is 2.23. The highest BCUT2D eigenvalue weighted by atomic mass is 32.2. The van der Waals surface area contributed by atoms with Crippen molar-refractivity contribution in [3.05, 3.63) is 0 Å². The summed E-state index contributed by atoms with van der Waals surface area (Å²) in [5.74, 6) is 6.77. The summed E-state index contributed by atoms with van der Waals surface area (Å²) in [6.45, 7) is 1.84. The first-order chi connectivity index (χ1) is 5.83. The number of nitrogens with zero attached hydrogens (tertiary/aromatic N) is 2. The van der Waals surface area contributed by atoms with Gasteiger partial charge in [-0.05, 0) is 6.92 Å². The van der Waals surface area contributed by atoms with Gasteiger partial charge in [0, 0.05) is 12.2 Å². The van der Waals surface area contributed by atoms with Crippen molar-refractivity contribution in [3.8, 4) is 11.8 Å². The van der Waals surface area contributed by atoms with Crippen LogP contribution >= 0.6 is 23.1 Å². The molecular weight excluding hydrogens is 190 g/mol. The highest BCUT2D eigenvalue weighted by Gasteiger charge is 1.99. The Hall–Kier alpha value is -0.730. The average Bonchev–Trinajstić information content (AvgIpc) is 2.45. The lowest BCUT2D eigenvalue weighted by molar-refractivity contribution is 1.02. The monoisotopic (exact) mass is 199 g/mol.